The SMILES string of the molecule is COc1cc(C2c3cc4c(cc3[C@@H](NC(=O)CCNCCCNCCCN)[C@H]3COC(=O)[C@H]23)OCO4)cc(C)c1O. The molecule has 4 atom stereocenters. The number of nitrogens with two attached hydrogens (primary N) is 1. The van der Waals surface area contributed by atoms with E-state index >= 15 is 0 Å². The van der Waals surface area contributed by atoms with Gasteiger partial charge in [0.15, 0.2) is 23.0 Å². The summed E-state index contributed by atoms with van der Waals surface area (Å²) >= 11 is 0. The number of aryl methyl sites for hydroxylation is 1. The van der Waals surface area contributed by atoms with Gasteiger partial charge in [-0.3, -0.25) is 9.59 Å². The second-order valence-electron chi connectivity index (χ2n) is 10.8. The lowest BCUT2D eigenvalue weighted by Crippen LogP contribution is -2.43. The molecule has 1 saturated heterocycles. The Hall–Kier alpha value is -3.54. The molecule has 2 aromatic carbocycles. The standard InChI is InChI=1S/C30H40N4O7/c1-17-11-18(12-24(38-2)29(17)36)26-19-13-22-23(41-16-40-22)14-20(19)28(21-15-39-30(37)27(21)26)34-25(35)5-10-33-9-4-8-32-7-3-6-31/h11-14,21,26-28,32-33,36H,3-10,15-16,31H2,1-2H3,(H,34,35)/t21-,26?,27-,28+/m0/s1. The van der Waals surface area contributed by atoms with Gasteiger partial charge in [-0.2, -0.15) is 0 Å². The van der Waals surface area contributed by atoms with Gasteiger partial charge in [0, 0.05) is 24.8 Å². The van der Waals surface area contributed by atoms with Gasteiger partial charge in [-0.25, -0.2) is 0 Å². The normalized spacial score (nSPS) is 22.2. The smallest absolute Gasteiger partial charge is 0.310 e. The Balaban J connectivity index is 1.37. The molecule has 0 radical (unpaired) electrons. The molecule has 222 valence electrons. The van der Waals surface area contributed by atoms with Crippen molar-refractivity contribution in [1.82, 2.24) is 16.0 Å². The van der Waals surface area contributed by atoms with Gasteiger partial charge in [0.1, 0.15) is 0 Å². The summed E-state index contributed by atoms with van der Waals surface area (Å²) in [5.74, 6) is -0.0337. The number of methoxy groups -OCH3 is 1. The minimum Gasteiger partial charge on any atom is -0.504 e. The van der Waals surface area contributed by atoms with Crippen molar-refractivity contribution in [2.24, 2.45) is 17.6 Å². The number of carbonyl (C=O) groups is 2. The summed E-state index contributed by atoms with van der Waals surface area (Å²) in [7, 11) is 1.50. The average Bonchev–Trinajstić information content (AvgIpc) is 3.59. The monoisotopic (exact) mass is 568 g/mol. The van der Waals surface area contributed by atoms with Gasteiger partial charge >= 0.3 is 5.97 Å². The van der Waals surface area contributed by atoms with Gasteiger partial charge < -0.3 is 45.7 Å². The zero-order valence-electron chi connectivity index (χ0n) is 23.7. The minimum atomic E-state index is -0.535. The van der Waals surface area contributed by atoms with E-state index in [-0.39, 0.29) is 42.9 Å². The van der Waals surface area contributed by atoms with Crippen LogP contribution in [0.2, 0.25) is 0 Å². The maximum atomic E-state index is 13.2. The fourth-order valence-corrected chi connectivity index (χ4v) is 6.12. The molecule has 1 unspecified atom stereocenters. The maximum Gasteiger partial charge on any atom is 0.310 e. The first-order chi connectivity index (χ1) is 19.9. The molecular weight excluding hydrogens is 528 g/mol. The lowest BCUT2D eigenvalue weighted by Gasteiger charge is -2.39. The van der Waals surface area contributed by atoms with Crippen LogP contribution in [-0.2, 0) is 14.3 Å². The summed E-state index contributed by atoms with van der Waals surface area (Å²) in [5.41, 5.74) is 8.68. The molecule has 0 saturated carbocycles. The van der Waals surface area contributed by atoms with Crippen LogP contribution >= 0.6 is 0 Å². The van der Waals surface area contributed by atoms with Crippen molar-refractivity contribution < 1.29 is 33.6 Å². The summed E-state index contributed by atoms with van der Waals surface area (Å²) in [6, 6.07) is 7.02. The lowest BCUT2D eigenvalue weighted by molar-refractivity contribution is -0.141. The quantitative estimate of drug-likeness (QED) is 0.179. The molecule has 0 bridgehead atoms. The number of aromatic hydroxyl groups is 1. The molecular formula is C30H40N4O7. The molecule has 3 aliphatic rings. The van der Waals surface area contributed by atoms with Crippen molar-refractivity contribution in [1.29, 1.82) is 0 Å². The largest absolute Gasteiger partial charge is 0.504 e. The first-order valence-electron chi connectivity index (χ1n) is 14.3. The van der Waals surface area contributed by atoms with Gasteiger partial charge in [0.05, 0.1) is 25.7 Å². The highest BCUT2D eigenvalue weighted by atomic mass is 16.7. The van der Waals surface area contributed by atoms with Crippen molar-refractivity contribution in [2.45, 2.75) is 38.1 Å². The second kappa shape index (κ2) is 13.0. The fourth-order valence-electron chi connectivity index (χ4n) is 6.12. The van der Waals surface area contributed by atoms with E-state index in [9.17, 15) is 14.7 Å². The third-order valence-electron chi connectivity index (χ3n) is 8.16. The summed E-state index contributed by atoms with van der Waals surface area (Å²) in [5, 5.41) is 20.3. The molecule has 41 heavy (non-hydrogen) atoms. The van der Waals surface area contributed by atoms with E-state index in [1.54, 1.807) is 13.0 Å². The van der Waals surface area contributed by atoms with Crippen LogP contribution in [0, 0.1) is 18.8 Å². The number of carbonyl (C=O) groups excluding carboxylic acids is 2. The fraction of sp³-hybridized carbons (Fsp3) is 0.533. The highest BCUT2D eigenvalue weighted by molar-refractivity contribution is 5.81. The average molecular weight is 569 g/mol. The van der Waals surface area contributed by atoms with Gasteiger partial charge in [0.25, 0.3) is 0 Å². The second-order valence-corrected chi connectivity index (χ2v) is 10.8. The number of phenolic OH excluding ortho intramolecular Hbond substituents is 1. The summed E-state index contributed by atoms with van der Waals surface area (Å²) < 4.78 is 22.4. The third-order valence-corrected chi connectivity index (χ3v) is 8.16. The first kappa shape index (κ1) is 29.0. The van der Waals surface area contributed by atoms with E-state index in [0.29, 0.717) is 42.3 Å². The lowest BCUT2D eigenvalue weighted by atomic mass is 9.65. The molecule has 1 fully saturated rings. The number of cyclic esters (lactones) is 1. The Morgan fingerprint density at radius 3 is 2.46 bits per heavy atom. The van der Waals surface area contributed by atoms with E-state index in [1.807, 2.05) is 18.2 Å². The first-order valence-corrected chi connectivity index (χ1v) is 14.3. The number of fused-ring (bicyclic) bond motifs is 3. The molecule has 0 spiro atoms. The zero-order valence-corrected chi connectivity index (χ0v) is 23.7. The van der Waals surface area contributed by atoms with Gasteiger partial charge in [-0.1, -0.05) is 6.07 Å². The number of hydrogen-bond donors (Lipinski definition) is 5. The van der Waals surface area contributed by atoms with Crippen LogP contribution in [0.5, 0.6) is 23.0 Å². The Morgan fingerprint density at radius 2 is 1.73 bits per heavy atom. The van der Waals surface area contributed by atoms with Gasteiger partial charge in [0.2, 0.25) is 12.7 Å². The van der Waals surface area contributed by atoms with E-state index in [2.05, 4.69) is 16.0 Å². The molecule has 1 amide bonds. The molecule has 2 aromatic rings. The molecule has 0 aromatic heterocycles. The number of phenols is 1. The third kappa shape index (κ3) is 6.07. The number of nitrogens with one attached hydrogen (secondary N) is 3. The Bertz CT molecular complexity index is 1270. The van der Waals surface area contributed by atoms with E-state index in [4.69, 9.17) is 24.7 Å². The van der Waals surface area contributed by atoms with Crippen molar-refractivity contribution in [3.05, 3.63) is 46.5 Å². The van der Waals surface area contributed by atoms with E-state index < -0.39 is 12.0 Å². The molecule has 6 N–H and O–H groups in total. The van der Waals surface area contributed by atoms with Crippen molar-refractivity contribution in [2.75, 3.05) is 53.2 Å². The van der Waals surface area contributed by atoms with Gasteiger partial charge in [-0.05, 0) is 86.4 Å². The molecule has 5 rings (SSSR count). The summed E-state index contributed by atoms with van der Waals surface area (Å²) in [4.78, 5) is 26.4. The number of benzene rings is 2. The molecule has 2 aliphatic heterocycles. The van der Waals surface area contributed by atoms with Crippen molar-refractivity contribution >= 4 is 11.9 Å². The van der Waals surface area contributed by atoms with Gasteiger partial charge in [-0.15, -0.1) is 0 Å². The number of rotatable bonds is 13. The number of amides is 1. The predicted molar refractivity (Wildman–Crippen MR) is 151 cm³/mol. The Morgan fingerprint density at radius 1 is 1.02 bits per heavy atom. The molecule has 1 aliphatic carbocycles. The van der Waals surface area contributed by atoms with Crippen LogP contribution in [0.25, 0.3) is 0 Å². The van der Waals surface area contributed by atoms with Crippen LogP contribution in [0.3, 0.4) is 0 Å². The Labute approximate surface area is 240 Å². The molecule has 11 nitrogen and oxygen atoms in total. The highest BCUT2D eigenvalue weighted by Crippen LogP contribution is 2.55. The van der Waals surface area contributed by atoms with Crippen LogP contribution in [0.4, 0.5) is 0 Å². The minimum absolute atomic E-state index is 0.0603. The van der Waals surface area contributed by atoms with Crippen molar-refractivity contribution in [3.8, 4) is 23.0 Å². The molecule has 2 heterocycles. The highest BCUT2D eigenvalue weighted by Gasteiger charge is 2.53. The van der Waals surface area contributed by atoms with Crippen LogP contribution in [0.15, 0.2) is 24.3 Å². The van der Waals surface area contributed by atoms with E-state index in [0.717, 1.165) is 49.2 Å². The topological polar surface area (TPSA) is 153 Å². The number of hydrogen-bond acceptors (Lipinski definition) is 10. The van der Waals surface area contributed by atoms with Crippen molar-refractivity contribution in [3.63, 3.8) is 0 Å². The maximum absolute atomic E-state index is 13.2. The van der Waals surface area contributed by atoms with Crippen LogP contribution in [0.1, 0.15) is 53.5 Å². The predicted octanol–water partition coefficient (Wildman–Crippen LogP) is 1.84. The van der Waals surface area contributed by atoms with E-state index in [1.165, 1.54) is 7.11 Å². The number of esters is 1. The van der Waals surface area contributed by atoms with Crippen LogP contribution < -0.4 is 35.9 Å². The summed E-state index contributed by atoms with van der Waals surface area (Å²) in [6.07, 6.45) is 2.23. The zero-order chi connectivity index (χ0) is 28.9. The number of ether oxygens (including phenoxy) is 4. The van der Waals surface area contributed by atoms with Crippen LogP contribution in [-0.4, -0.2) is 70.2 Å². The summed E-state index contributed by atoms with van der Waals surface area (Å²) in [6.45, 7) is 5.96. The molecule has 11 heteroatoms. The Kier molecular flexibility index (Phi) is 9.16.